The largest absolute Gasteiger partial charge is 0.453 e. The summed E-state index contributed by atoms with van der Waals surface area (Å²) in [7, 11) is 1.33. The van der Waals surface area contributed by atoms with Crippen LogP contribution in [0.4, 0.5) is 16.2 Å². The minimum Gasteiger partial charge on any atom is -0.453 e. The van der Waals surface area contributed by atoms with Crippen molar-refractivity contribution < 1.29 is 14.3 Å². The van der Waals surface area contributed by atoms with Crippen LogP contribution in [0, 0.1) is 0 Å². The summed E-state index contributed by atoms with van der Waals surface area (Å²) in [5.41, 5.74) is 2.14. The molecule has 1 aromatic rings. The van der Waals surface area contributed by atoms with Crippen LogP contribution in [0.25, 0.3) is 0 Å². The molecule has 1 aliphatic heterocycles. The number of rotatable bonds is 1. The Morgan fingerprint density at radius 2 is 2.11 bits per heavy atom. The molecule has 0 bridgehead atoms. The van der Waals surface area contributed by atoms with Gasteiger partial charge in [0.1, 0.15) is 0 Å². The maximum Gasteiger partial charge on any atom is 0.411 e. The van der Waals surface area contributed by atoms with Crippen molar-refractivity contribution in [3.05, 3.63) is 23.8 Å². The molecular formula is C14H16N2O3. The molecule has 1 aromatic carbocycles. The monoisotopic (exact) mass is 260 g/mol. The van der Waals surface area contributed by atoms with Crippen LogP contribution in [-0.4, -0.2) is 19.1 Å². The summed E-state index contributed by atoms with van der Waals surface area (Å²) in [6.07, 6.45) is 3.40. The maximum absolute atomic E-state index is 12.2. The van der Waals surface area contributed by atoms with Crippen LogP contribution in [-0.2, 0) is 14.9 Å². The van der Waals surface area contributed by atoms with Gasteiger partial charge in [-0.3, -0.25) is 10.1 Å². The summed E-state index contributed by atoms with van der Waals surface area (Å²) in [6, 6.07) is 5.49. The molecule has 0 unspecified atom stereocenters. The molecule has 100 valence electrons. The van der Waals surface area contributed by atoms with Crippen molar-refractivity contribution >= 4 is 23.4 Å². The third-order valence-electron chi connectivity index (χ3n) is 4.11. The highest BCUT2D eigenvalue weighted by molar-refractivity contribution is 6.07. The second-order valence-electron chi connectivity index (χ2n) is 5.12. The Morgan fingerprint density at radius 3 is 2.79 bits per heavy atom. The molecule has 1 spiro atoms. The van der Waals surface area contributed by atoms with Crippen LogP contribution in [0.1, 0.15) is 31.2 Å². The summed E-state index contributed by atoms with van der Waals surface area (Å²) < 4.78 is 4.58. The van der Waals surface area contributed by atoms with Gasteiger partial charge < -0.3 is 10.1 Å². The van der Waals surface area contributed by atoms with E-state index in [1.165, 1.54) is 7.11 Å². The number of ether oxygens (including phenoxy) is 1. The van der Waals surface area contributed by atoms with Gasteiger partial charge in [-0.25, -0.2) is 4.79 Å². The van der Waals surface area contributed by atoms with E-state index < -0.39 is 6.09 Å². The second-order valence-corrected chi connectivity index (χ2v) is 5.12. The first kappa shape index (κ1) is 12.0. The maximum atomic E-state index is 12.2. The van der Waals surface area contributed by atoms with Crippen molar-refractivity contribution in [1.29, 1.82) is 0 Å². The summed E-state index contributed by atoms with van der Waals surface area (Å²) in [6.45, 7) is 0. The topological polar surface area (TPSA) is 67.4 Å². The quantitative estimate of drug-likeness (QED) is 0.815. The lowest BCUT2D eigenvalue weighted by atomic mass is 9.80. The van der Waals surface area contributed by atoms with Crippen molar-refractivity contribution in [2.75, 3.05) is 17.7 Å². The van der Waals surface area contributed by atoms with E-state index in [9.17, 15) is 9.59 Å². The lowest BCUT2D eigenvalue weighted by molar-refractivity contribution is -0.120. The van der Waals surface area contributed by atoms with E-state index in [2.05, 4.69) is 15.4 Å². The molecule has 1 fully saturated rings. The second kappa shape index (κ2) is 4.26. The Balaban J connectivity index is 1.98. The van der Waals surface area contributed by atoms with E-state index in [1.54, 1.807) is 6.07 Å². The van der Waals surface area contributed by atoms with Crippen LogP contribution in [0.15, 0.2) is 18.2 Å². The standard InChI is InChI=1S/C14H16N2O3/c1-19-13(18)15-9-4-5-11-10(8-9)14(12(17)16-11)6-2-3-7-14/h4-5,8H,2-3,6-7H2,1H3,(H,15,18)(H,16,17). The van der Waals surface area contributed by atoms with E-state index in [1.807, 2.05) is 12.1 Å². The van der Waals surface area contributed by atoms with E-state index in [4.69, 9.17) is 0 Å². The first-order valence-electron chi connectivity index (χ1n) is 6.47. The Bertz CT molecular complexity index is 548. The van der Waals surface area contributed by atoms with Gasteiger partial charge in [-0.15, -0.1) is 0 Å². The summed E-state index contributed by atoms with van der Waals surface area (Å²) in [4.78, 5) is 23.5. The molecule has 1 aliphatic carbocycles. The molecule has 1 heterocycles. The van der Waals surface area contributed by atoms with Crippen molar-refractivity contribution in [3.63, 3.8) is 0 Å². The number of carbonyl (C=O) groups is 2. The van der Waals surface area contributed by atoms with Crippen molar-refractivity contribution in [3.8, 4) is 0 Å². The molecule has 0 aromatic heterocycles. The van der Waals surface area contributed by atoms with Crippen LogP contribution < -0.4 is 10.6 Å². The molecule has 3 rings (SSSR count). The fraction of sp³-hybridized carbons (Fsp3) is 0.429. The van der Waals surface area contributed by atoms with Gasteiger partial charge in [-0.05, 0) is 36.6 Å². The number of amides is 2. The number of anilines is 2. The highest BCUT2D eigenvalue weighted by Gasteiger charge is 2.48. The summed E-state index contributed by atoms with van der Waals surface area (Å²) in [5, 5.41) is 5.58. The molecule has 0 atom stereocenters. The van der Waals surface area contributed by atoms with Crippen molar-refractivity contribution in [2.24, 2.45) is 0 Å². The zero-order valence-electron chi connectivity index (χ0n) is 10.8. The Hall–Kier alpha value is -2.04. The third kappa shape index (κ3) is 1.77. The summed E-state index contributed by atoms with van der Waals surface area (Å²) in [5.74, 6) is 0.0928. The van der Waals surface area contributed by atoms with Crippen LogP contribution in [0.3, 0.4) is 0 Å². The number of hydrogen-bond acceptors (Lipinski definition) is 3. The number of methoxy groups -OCH3 is 1. The fourth-order valence-electron chi connectivity index (χ4n) is 3.14. The summed E-state index contributed by atoms with van der Waals surface area (Å²) >= 11 is 0. The zero-order valence-corrected chi connectivity index (χ0v) is 10.8. The van der Waals surface area contributed by atoms with Gasteiger partial charge in [-0.2, -0.15) is 0 Å². The average Bonchev–Trinajstić information content (AvgIpc) is 2.99. The number of benzene rings is 1. The van der Waals surface area contributed by atoms with Crippen molar-refractivity contribution in [2.45, 2.75) is 31.1 Å². The predicted octanol–water partition coefficient (Wildman–Crippen LogP) is 2.63. The van der Waals surface area contributed by atoms with Crippen LogP contribution in [0.2, 0.25) is 0 Å². The Kier molecular flexibility index (Phi) is 2.69. The molecule has 0 saturated heterocycles. The molecule has 19 heavy (non-hydrogen) atoms. The highest BCUT2D eigenvalue weighted by Crippen LogP contribution is 2.49. The average molecular weight is 260 g/mol. The zero-order chi connectivity index (χ0) is 13.5. The molecular weight excluding hydrogens is 244 g/mol. The molecule has 2 N–H and O–H groups in total. The van der Waals surface area contributed by atoms with Crippen LogP contribution in [0.5, 0.6) is 0 Å². The molecule has 1 saturated carbocycles. The third-order valence-corrected chi connectivity index (χ3v) is 4.11. The van der Waals surface area contributed by atoms with Gasteiger partial charge in [0.15, 0.2) is 0 Å². The highest BCUT2D eigenvalue weighted by atomic mass is 16.5. The van der Waals surface area contributed by atoms with Crippen LogP contribution >= 0.6 is 0 Å². The lowest BCUT2D eigenvalue weighted by Crippen LogP contribution is -2.31. The predicted molar refractivity (Wildman–Crippen MR) is 71.2 cm³/mol. The van der Waals surface area contributed by atoms with E-state index in [-0.39, 0.29) is 11.3 Å². The molecule has 2 aliphatic rings. The fourth-order valence-corrected chi connectivity index (χ4v) is 3.14. The van der Waals surface area contributed by atoms with Crippen molar-refractivity contribution in [1.82, 2.24) is 0 Å². The Morgan fingerprint density at radius 1 is 1.37 bits per heavy atom. The Labute approximate surface area is 111 Å². The van der Waals surface area contributed by atoms with E-state index in [0.717, 1.165) is 36.9 Å². The minimum atomic E-state index is -0.502. The molecule has 5 heteroatoms. The smallest absolute Gasteiger partial charge is 0.411 e. The van der Waals surface area contributed by atoms with Gasteiger partial charge in [0.05, 0.1) is 12.5 Å². The number of fused-ring (bicyclic) bond motifs is 2. The number of nitrogens with one attached hydrogen (secondary N) is 2. The van der Waals surface area contributed by atoms with Gasteiger partial charge in [0.25, 0.3) is 0 Å². The SMILES string of the molecule is COC(=O)Nc1ccc2c(c1)C1(CCCC1)C(=O)N2. The minimum absolute atomic E-state index is 0.0928. The van der Waals surface area contributed by atoms with Gasteiger partial charge in [0.2, 0.25) is 5.91 Å². The van der Waals surface area contributed by atoms with Gasteiger partial charge >= 0.3 is 6.09 Å². The molecule has 0 radical (unpaired) electrons. The van der Waals surface area contributed by atoms with Gasteiger partial charge in [-0.1, -0.05) is 12.8 Å². The number of hydrogen-bond donors (Lipinski definition) is 2. The first-order valence-corrected chi connectivity index (χ1v) is 6.47. The lowest BCUT2D eigenvalue weighted by Gasteiger charge is -2.21. The van der Waals surface area contributed by atoms with E-state index in [0.29, 0.717) is 5.69 Å². The van der Waals surface area contributed by atoms with Gasteiger partial charge in [0, 0.05) is 11.4 Å². The molecule has 2 amide bonds. The first-order chi connectivity index (χ1) is 9.15. The van der Waals surface area contributed by atoms with E-state index >= 15 is 0 Å². The number of carbonyl (C=O) groups excluding carboxylic acids is 2. The molecule has 5 nitrogen and oxygen atoms in total. The normalized spacial score (nSPS) is 19.1.